The van der Waals surface area contributed by atoms with Crippen molar-refractivity contribution in [1.82, 2.24) is 0 Å². The van der Waals surface area contributed by atoms with Gasteiger partial charge in [0.15, 0.2) is 0 Å². The molecule has 0 saturated carbocycles. The fourth-order valence-corrected chi connectivity index (χ4v) is 1.83. The maximum Gasteiger partial charge on any atom is 0.335 e. The second-order valence-electron chi connectivity index (χ2n) is 4.31. The molecule has 0 aromatic heterocycles. The number of carbonyl (C=O) groups is 1. The van der Waals surface area contributed by atoms with E-state index in [1.165, 1.54) is 0 Å². The molecule has 2 rings (SSSR count). The van der Waals surface area contributed by atoms with Crippen LogP contribution in [-0.4, -0.2) is 16.9 Å². The van der Waals surface area contributed by atoms with Crippen molar-refractivity contribution in [2.75, 3.05) is 5.32 Å². The van der Waals surface area contributed by atoms with Gasteiger partial charge in [-0.1, -0.05) is 24.3 Å². The van der Waals surface area contributed by atoms with E-state index >= 15 is 0 Å². The molecule has 102 valence electrons. The number of para-hydroxylation sites is 1. The highest BCUT2D eigenvalue weighted by molar-refractivity contribution is 6.00. The minimum Gasteiger partial charge on any atom is -0.478 e. The Hall–Kier alpha value is -2.82. The molecule has 0 fully saturated rings. The van der Waals surface area contributed by atoms with Crippen molar-refractivity contribution >= 4 is 17.5 Å². The van der Waals surface area contributed by atoms with Crippen molar-refractivity contribution in [3.63, 3.8) is 0 Å². The van der Waals surface area contributed by atoms with Crippen LogP contribution in [0.3, 0.4) is 0 Å². The van der Waals surface area contributed by atoms with E-state index in [0.717, 1.165) is 11.3 Å². The van der Waals surface area contributed by atoms with Gasteiger partial charge in [-0.2, -0.15) is 0 Å². The molecular weight excluding hydrogens is 254 g/mol. The number of nitrogen functional groups attached to an aromatic ring is 1. The fourth-order valence-electron chi connectivity index (χ4n) is 1.83. The monoisotopic (exact) mass is 269 g/mol. The zero-order valence-electron chi connectivity index (χ0n) is 10.8. The minimum atomic E-state index is -0.938. The van der Waals surface area contributed by atoms with Crippen molar-refractivity contribution in [2.24, 2.45) is 5.73 Å². The van der Waals surface area contributed by atoms with Crippen LogP contribution >= 0.6 is 0 Å². The number of hydrogen-bond acceptors (Lipinski definition) is 3. The number of nitrogens with one attached hydrogen (secondary N) is 2. The first kappa shape index (κ1) is 13.6. The van der Waals surface area contributed by atoms with E-state index in [9.17, 15) is 4.79 Å². The summed E-state index contributed by atoms with van der Waals surface area (Å²) in [6, 6.07) is 14.0. The molecule has 20 heavy (non-hydrogen) atoms. The Morgan fingerprint density at radius 3 is 2.40 bits per heavy atom. The number of benzene rings is 2. The van der Waals surface area contributed by atoms with Crippen molar-refractivity contribution in [3.8, 4) is 0 Å². The summed E-state index contributed by atoms with van der Waals surface area (Å²) in [5, 5.41) is 19.5. The van der Waals surface area contributed by atoms with E-state index in [0.29, 0.717) is 12.1 Å². The van der Waals surface area contributed by atoms with Gasteiger partial charge in [0.2, 0.25) is 0 Å². The summed E-state index contributed by atoms with van der Waals surface area (Å²) >= 11 is 0. The molecule has 0 atom stereocenters. The number of carboxylic acid groups (broad SMARTS) is 1. The quantitative estimate of drug-likeness (QED) is 0.494. The lowest BCUT2D eigenvalue weighted by molar-refractivity contribution is 0.0697. The summed E-state index contributed by atoms with van der Waals surface area (Å²) < 4.78 is 0. The van der Waals surface area contributed by atoms with Gasteiger partial charge in [0.05, 0.1) is 5.56 Å². The van der Waals surface area contributed by atoms with E-state index in [1.807, 2.05) is 18.2 Å². The van der Waals surface area contributed by atoms with Gasteiger partial charge >= 0.3 is 5.97 Å². The molecule has 0 saturated heterocycles. The topological polar surface area (TPSA) is 99.2 Å². The molecular formula is C15H15N3O2. The average Bonchev–Trinajstić information content (AvgIpc) is 2.45. The Morgan fingerprint density at radius 2 is 1.80 bits per heavy atom. The van der Waals surface area contributed by atoms with Crippen LogP contribution in [0.4, 0.5) is 5.69 Å². The molecule has 5 heteroatoms. The summed E-state index contributed by atoms with van der Waals surface area (Å²) in [6.45, 7) is 0.532. The van der Waals surface area contributed by atoms with Gasteiger partial charge in [-0.3, -0.25) is 5.41 Å². The van der Waals surface area contributed by atoms with E-state index in [1.54, 1.807) is 30.3 Å². The Balaban J connectivity index is 2.09. The van der Waals surface area contributed by atoms with Crippen molar-refractivity contribution in [3.05, 3.63) is 65.2 Å². The number of anilines is 1. The lowest BCUT2D eigenvalue weighted by Crippen LogP contribution is -2.14. The Morgan fingerprint density at radius 1 is 1.15 bits per heavy atom. The average molecular weight is 269 g/mol. The van der Waals surface area contributed by atoms with Gasteiger partial charge < -0.3 is 16.2 Å². The maximum atomic E-state index is 10.8. The number of amidine groups is 1. The van der Waals surface area contributed by atoms with Gasteiger partial charge in [0.1, 0.15) is 5.84 Å². The van der Waals surface area contributed by atoms with Crippen LogP contribution < -0.4 is 11.1 Å². The largest absolute Gasteiger partial charge is 0.478 e. The molecule has 0 unspecified atom stereocenters. The third-order valence-electron chi connectivity index (χ3n) is 2.90. The third kappa shape index (κ3) is 3.14. The predicted octanol–water partition coefficient (Wildman–Crippen LogP) is 2.28. The number of rotatable bonds is 5. The van der Waals surface area contributed by atoms with Crippen LogP contribution in [0.2, 0.25) is 0 Å². The van der Waals surface area contributed by atoms with E-state index < -0.39 is 5.97 Å². The third-order valence-corrected chi connectivity index (χ3v) is 2.90. The highest BCUT2D eigenvalue weighted by atomic mass is 16.4. The van der Waals surface area contributed by atoms with Gasteiger partial charge in [-0.05, 0) is 29.8 Å². The molecule has 2 aromatic rings. The number of carboxylic acids is 1. The van der Waals surface area contributed by atoms with Gasteiger partial charge in [0, 0.05) is 17.8 Å². The highest BCUT2D eigenvalue weighted by Gasteiger charge is 2.05. The summed E-state index contributed by atoms with van der Waals surface area (Å²) in [7, 11) is 0. The first-order valence-corrected chi connectivity index (χ1v) is 6.07. The Kier molecular flexibility index (Phi) is 4.00. The molecule has 0 aliphatic rings. The molecule has 0 heterocycles. The lowest BCUT2D eigenvalue weighted by Gasteiger charge is -2.11. The Bertz CT molecular complexity index is 636. The van der Waals surface area contributed by atoms with Crippen molar-refractivity contribution in [2.45, 2.75) is 6.54 Å². The van der Waals surface area contributed by atoms with Crippen LogP contribution in [0.1, 0.15) is 21.5 Å². The van der Waals surface area contributed by atoms with Gasteiger partial charge in [0.25, 0.3) is 0 Å². The molecule has 0 bridgehead atoms. The highest BCUT2D eigenvalue weighted by Crippen LogP contribution is 2.15. The van der Waals surface area contributed by atoms with Gasteiger partial charge in [-0.15, -0.1) is 0 Å². The van der Waals surface area contributed by atoms with E-state index in [2.05, 4.69) is 5.32 Å². The van der Waals surface area contributed by atoms with E-state index in [-0.39, 0.29) is 11.4 Å². The zero-order valence-corrected chi connectivity index (χ0v) is 10.8. The standard InChI is InChI=1S/C15H15N3O2/c16-14(17)12-3-1-2-4-13(12)18-9-10-5-7-11(8-6-10)15(19)20/h1-8,18H,9H2,(H3,16,17)(H,19,20). The van der Waals surface area contributed by atoms with Crippen LogP contribution in [-0.2, 0) is 6.54 Å². The SMILES string of the molecule is N=C(N)c1ccccc1NCc1ccc(C(=O)O)cc1. The van der Waals surface area contributed by atoms with Crippen LogP contribution in [0, 0.1) is 5.41 Å². The van der Waals surface area contributed by atoms with Gasteiger partial charge in [-0.25, -0.2) is 4.79 Å². The first-order chi connectivity index (χ1) is 9.58. The van der Waals surface area contributed by atoms with Crippen molar-refractivity contribution < 1.29 is 9.90 Å². The Labute approximate surface area is 116 Å². The molecule has 0 aliphatic heterocycles. The van der Waals surface area contributed by atoms with Crippen LogP contribution in [0.25, 0.3) is 0 Å². The van der Waals surface area contributed by atoms with Crippen LogP contribution in [0.5, 0.6) is 0 Å². The maximum absolute atomic E-state index is 10.8. The van der Waals surface area contributed by atoms with Crippen molar-refractivity contribution in [1.29, 1.82) is 5.41 Å². The van der Waals surface area contributed by atoms with Crippen LogP contribution in [0.15, 0.2) is 48.5 Å². The lowest BCUT2D eigenvalue weighted by atomic mass is 10.1. The molecule has 2 aromatic carbocycles. The van der Waals surface area contributed by atoms with E-state index in [4.69, 9.17) is 16.2 Å². The summed E-state index contributed by atoms with van der Waals surface area (Å²) in [4.78, 5) is 10.8. The second-order valence-corrected chi connectivity index (χ2v) is 4.31. The zero-order chi connectivity index (χ0) is 14.5. The number of aromatic carboxylic acids is 1. The fraction of sp³-hybridized carbons (Fsp3) is 0.0667. The molecule has 0 spiro atoms. The second kappa shape index (κ2) is 5.88. The molecule has 0 aliphatic carbocycles. The summed E-state index contributed by atoms with van der Waals surface area (Å²) in [5.74, 6) is -0.930. The summed E-state index contributed by atoms with van der Waals surface area (Å²) in [5.41, 5.74) is 8.16. The smallest absolute Gasteiger partial charge is 0.335 e. The first-order valence-electron chi connectivity index (χ1n) is 6.07. The predicted molar refractivity (Wildman–Crippen MR) is 78.2 cm³/mol. The normalized spacial score (nSPS) is 10.0. The number of hydrogen-bond donors (Lipinski definition) is 4. The summed E-state index contributed by atoms with van der Waals surface area (Å²) in [6.07, 6.45) is 0. The molecule has 5 N–H and O–H groups in total. The molecule has 0 radical (unpaired) electrons. The number of nitrogens with two attached hydrogens (primary N) is 1. The minimum absolute atomic E-state index is 0.00863. The molecule has 5 nitrogen and oxygen atoms in total. The molecule has 0 amide bonds.